The van der Waals surface area contributed by atoms with E-state index < -0.39 is 0 Å². The molecule has 4 nitrogen and oxygen atoms in total. The molecule has 2 aromatic rings. The summed E-state index contributed by atoms with van der Waals surface area (Å²) in [6.07, 6.45) is 5.63. The van der Waals surface area contributed by atoms with Gasteiger partial charge in [0.1, 0.15) is 0 Å². The van der Waals surface area contributed by atoms with E-state index in [1.165, 1.54) is 5.56 Å². The first-order valence-electron chi connectivity index (χ1n) is 5.39. The fraction of sp³-hybridized carbons (Fsp3) is 0.333. The second-order valence-corrected chi connectivity index (χ2v) is 3.96. The van der Waals surface area contributed by atoms with Crippen molar-refractivity contribution in [3.63, 3.8) is 0 Å². The van der Waals surface area contributed by atoms with E-state index >= 15 is 0 Å². The number of rotatable bonds is 4. The van der Waals surface area contributed by atoms with Gasteiger partial charge in [0, 0.05) is 30.5 Å². The van der Waals surface area contributed by atoms with Gasteiger partial charge in [0.2, 0.25) is 0 Å². The summed E-state index contributed by atoms with van der Waals surface area (Å²) in [7, 11) is 0. The van der Waals surface area contributed by atoms with Gasteiger partial charge in [-0.1, -0.05) is 6.07 Å². The van der Waals surface area contributed by atoms with Crippen LogP contribution in [0.5, 0.6) is 0 Å². The summed E-state index contributed by atoms with van der Waals surface area (Å²) in [4.78, 5) is 4.35. The highest BCUT2D eigenvalue weighted by molar-refractivity contribution is 5.13. The van der Waals surface area contributed by atoms with E-state index in [0.29, 0.717) is 0 Å². The molecule has 0 spiro atoms. The zero-order valence-corrected chi connectivity index (χ0v) is 9.57. The van der Waals surface area contributed by atoms with Crippen LogP contribution in [-0.4, -0.2) is 15.2 Å². The summed E-state index contributed by atoms with van der Waals surface area (Å²) in [6.45, 7) is 4.92. The Morgan fingerprint density at radius 1 is 1.38 bits per heavy atom. The van der Waals surface area contributed by atoms with Crippen LogP contribution in [0.3, 0.4) is 0 Å². The quantitative estimate of drug-likeness (QED) is 0.821. The molecule has 1 unspecified atom stereocenters. The van der Waals surface area contributed by atoms with Gasteiger partial charge in [-0.05, 0) is 25.5 Å². The molecule has 2 rings (SSSR count). The van der Waals surface area contributed by atoms with E-state index in [1.54, 1.807) is 0 Å². The molecule has 2 heterocycles. The van der Waals surface area contributed by atoms with E-state index in [0.717, 1.165) is 17.8 Å². The van der Waals surface area contributed by atoms with Crippen molar-refractivity contribution in [2.24, 2.45) is 0 Å². The molecular formula is C12H16N4. The van der Waals surface area contributed by atoms with Gasteiger partial charge in [0.15, 0.2) is 0 Å². The molecule has 0 fully saturated rings. The van der Waals surface area contributed by atoms with Crippen LogP contribution in [0.15, 0.2) is 30.7 Å². The molecule has 2 aromatic heterocycles. The lowest BCUT2D eigenvalue weighted by Crippen LogP contribution is -2.18. The summed E-state index contributed by atoms with van der Waals surface area (Å²) in [5.74, 6) is 0. The van der Waals surface area contributed by atoms with Gasteiger partial charge in [-0.3, -0.25) is 10.1 Å². The van der Waals surface area contributed by atoms with Crippen molar-refractivity contribution >= 4 is 0 Å². The number of pyridine rings is 1. The van der Waals surface area contributed by atoms with Crippen molar-refractivity contribution in [2.45, 2.75) is 26.4 Å². The Hall–Kier alpha value is -1.68. The summed E-state index contributed by atoms with van der Waals surface area (Å²) in [6, 6.07) is 4.40. The largest absolute Gasteiger partial charge is 0.304 e. The summed E-state index contributed by atoms with van der Waals surface area (Å²) in [5.41, 5.74) is 3.40. The van der Waals surface area contributed by atoms with E-state index in [2.05, 4.69) is 33.5 Å². The third kappa shape index (κ3) is 2.67. The normalized spacial score (nSPS) is 12.6. The number of nitrogens with one attached hydrogen (secondary N) is 2. The lowest BCUT2D eigenvalue weighted by molar-refractivity contribution is 0.568. The highest BCUT2D eigenvalue weighted by Gasteiger charge is 2.05. The summed E-state index contributed by atoms with van der Waals surface area (Å²) < 4.78 is 0. The zero-order chi connectivity index (χ0) is 11.4. The molecule has 0 radical (unpaired) electrons. The van der Waals surface area contributed by atoms with Crippen LogP contribution in [0.4, 0.5) is 0 Å². The maximum atomic E-state index is 4.35. The second-order valence-electron chi connectivity index (χ2n) is 3.96. The average Bonchev–Trinajstić information content (AvgIpc) is 2.81. The molecule has 84 valence electrons. The van der Waals surface area contributed by atoms with Crippen LogP contribution in [0, 0.1) is 6.92 Å². The van der Waals surface area contributed by atoms with Crippen molar-refractivity contribution in [3.8, 4) is 0 Å². The molecular weight excluding hydrogens is 200 g/mol. The Kier molecular flexibility index (Phi) is 3.31. The van der Waals surface area contributed by atoms with Gasteiger partial charge < -0.3 is 5.32 Å². The lowest BCUT2D eigenvalue weighted by Gasteiger charge is -2.11. The molecule has 0 aliphatic heterocycles. The van der Waals surface area contributed by atoms with Gasteiger partial charge in [-0.2, -0.15) is 5.10 Å². The first-order chi connectivity index (χ1) is 7.75. The predicted octanol–water partition coefficient (Wildman–Crippen LogP) is 1.96. The molecule has 2 N–H and O–H groups in total. The minimum absolute atomic E-state index is 0.279. The molecule has 16 heavy (non-hydrogen) atoms. The average molecular weight is 216 g/mol. The molecule has 1 atom stereocenters. The highest BCUT2D eigenvalue weighted by Crippen LogP contribution is 2.09. The number of hydrogen-bond acceptors (Lipinski definition) is 3. The number of H-pyrrole nitrogens is 1. The lowest BCUT2D eigenvalue weighted by atomic mass is 10.2. The van der Waals surface area contributed by atoms with Crippen LogP contribution >= 0.6 is 0 Å². The monoisotopic (exact) mass is 216 g/mol. The highest BCUT2D eigenvalue weighted by atomic mass is 15.1. The Balaban J connectivity index is 1.90. The Labute approximate surface area is 95.1 Å². The minimum atomic E-state index is 0.279. The van der Waals surface area contributed by atoms with Crippen LogP contribution in [0.2, 0.25) is 0 Å². The van der Waals surface area contributed by atoms with Gasteiger partial charge >= 0.3 is 0 Å². The van der Waals surface area contributed by atoms with Crippen LogP contribution < -0.4 is 5.32 Å². The fourth-order valence-corrected chi connectivity index (χ4v) is 1.48. The van der Waals surface area contributed by atoms with E-state index in [9.17, 15) is 0 Å². The fourth-order valence-electron chi connectivity index (χ4n) is 1.48. The number of aromatic amines is 1. The van der Waals surface area contributed by atoms with Gasteiger partial charge in [-0.15, -0.1) is 0 Å². The standard InChI is InChI=1S/C12H16N4/c1-9-3-4-12(14-5-9)8-13-10(2)11-6-15-16-7-11/h3-7,10,13H,8H2,1-2H3,(H,15,16). The summed E-state index contributed by atoms with van der Waals surface area (Å²) in [5, 5.41) is 10.1. The molecule has 0 amide bonds. The van der Waals surface area contributed by atoms with Crippen molar-refractivity contribution in [1.82, 2.24) is 20.5 Å². The zero-order valence-electron chi connectivity index (χ0n) is 9.57. The first kappa shape index (κ1) is 10.8. The number of aryl methyl sites for hydroxylation is 1. The van der Waals surface area contributed by atoms with E-state index in [-0.39, 0.29) is 6.04 Å². The maximum absolute atomic E-state index is 4.35. The first-order valence-corrected chi connectivity index (χ1v) is 5.39. The second kappa shape index (κ2) is 4.90. The SMILES string of the molecule is Cc1ccc(CNC(C)c2cn[nH]c2)nc1. The van der Waals surface area contributed by atoms with Crippen LogP contribution in [0.25, 0.3) is 0 Å². The van der Waals surface area contributed by atoms with Gasteiger partial charge in [0.25, 0.3) is 0 Å². The molecule has 0 saturated heterocycles. The minimum Gasteiger partial charge on any atom is -0.304 e. The Bertz CT molecular complexity index is 419. The third-order valence-electron chi connectivity index (χ3n) is 2.58. The number of aromatic nitrogens is 3. The molecule has 0 aliphatic rings. The van der Waals surface area contributed by atoms with Crippen molar-refractivity contribution < 1.29 is 0 Å². The van der Waals surface area contributed by atoms with Crippen LogP contribution in [0.1, 0.15) is 29.8 Å². The van der Waals surface area contributed by atoms with E-state index in [1.807, 2.05) is 31.6 Å². The van der Waals surface area contributed by atoms with Crippen LogP contribution in [-0.2, 0) is 6.54 Å². The molecule has 4 heteroatoms. The third-order valence-corrected chi connectivity index (χ3v) is 2.58. The predicted molar refractivity (Wildman–Crippen MR) is 62.8 cm³/mol. The Morgan fingerprint density at radius 2 is 2.25 bits per heavy atom. The number of hydrogen-bond donors (Lipinski definition) is 2. The number of nitrogens with zero attached hydrogens (tertiary/aromatic N) is 2. The molecule has 0 bridgehead atoms. The van der Waals surface area contributed by atoms with E-state index in [4.69, 9.17) is 0 Å². The smallest absolute Gasteiger partial charge is 0.0542 e. The molecule has 0 aromatic carbocycles. The van der Waals surface area contributed by atoms with Crippen molar-refractivity contribution in [2.75, 3.05) is 0 Å². The maximum Gasteiger partial charge on any atom is 0.0542 e. The van der Waals surface area contributed by atoms with Gasteiger partial charge in [0.05, 0.1) is 11.9 Å². The van der Waals surface area contributed by atoms with Gasteiger partial charge in [-0.25, -0.2) is 0 Å². The Morgan fingerprint density at radius 3 is 2.88 bits per heavy atom. The topological polar surface area (TPSA) is 53.6 Å². The molecule has 0 aliphatic carbocycles. The van der Waals surface area contributed by atoms with Crippen molar-refractivity contribution in [3.05, 3.63) is 47.5 Å². The van der Waals surface area contributed by atoms with Crippen molar-refractivity contribution in [1.29, 1.82) is 0 Å². The summed E-state index contributed by atoms with van der Waals surface area (Å²) >= 11 is 0. The molecule has 0 saturated carbocycles.